The molecule has 6 nitrogen and oxygen atoms in total. The maximum absolute atomic E-state index is 11.5. The highest BCUT2D eigenvalue weighted by molar-refractivity contribution is 5.73. The van der Waals surface area contributed by atoms with E-state index in [1.165, 1.54) is 5.56 Å². The normalized spacial score (nSPS) is 17.1. The van der Waals surface area contributed by atoms with Gasteiger partial charge in [0.2, 0.25) is 5.91 Å². The second kappa shape index (κ2) is 5.61. The lowest BCUT2D eigenvalue weighted by Gasteiger charge is -2.37. The Kier molecular flexibility index (Phi) is 3.78. The highest BCUT2D eigenvalue weighted by Gasteiger charge is 2.24. The van der Waals surface area contributed by atoms with E-state index in [-0.39, 0.29) is 11.9 Å². The van der Waals surface area contributed by atoms with E-state index in [1.807, 2.05) is 24.3 Å². The summed E-state index contributed by atoms with van der Waals surface area (Å²) >= 11 is 0. The minimum absolute atomic E-state index is 0.0497. The SMILES string of the molecule is CC(=O)N1CCN(c2c(C(C)N)cc(C)c3cncn23)CC1. The van der Waals surface area contributed by atoms with Crippen LogP contribution in [0.5, 0.6) is 0 Å². The lowest BCUT2D eigenvalue weighted by Crippen LogP contribution is -2.49. The van der Waals surface area contributed by atoms with Gasteiger partial charge in [0.1, 0.15) is 12.1 Å². The zero-order valence-electron chi connectivity index (χ0n) is 13.4. The van der Waals surface area contributed by atoms with Gasteiger partial charge < -0.3 is 15.5 Å². The molecule has 1 aliphatic rings. The van der Waals surface area contributed by atoms with Crippen molar-refractivity contribution in [2.45, 2.75) is 26.8 Å². The van der Waals surface area contributed by atoms with Crippen LogP contribution in [0.4, 0.5) is 5.82 Å². The predicted molar refractivity (Wildman–Crippen MR) is 87.0 cm³/mol. The number of pyridine rings is 1. The summed E-state index contributed by atoms with van der Waals surface area (Å²) in [6.07, 6.45) is 3.73. The lowest BCUT2D eigenvalue weighted by molar-refractivity contribution is -0.129. The monoisotopic (exact) mass is 301 g/mol. The van der Waals surface area contributed by atoms with Gasteiger partial charge in [-0.3, -0.25) is 9.20 Å². The molecule has 22 heavy (non-hydrogen) atoms. The quantitative estimate of drug-likeness (QED) is 0.909. The Hall–Kier alpha value is -2.08. The molecule has 1 unspecified atom stereocenters. The van der Waals surface area contributed by atoms with Crippen LogP contribution in [0, 0.1) is 6.92 Å². The van der Waals surface area contributed by atoms with E-state index in [0.29, 0.717) is 0 Å². The molecule has 2 aromatic heterocycles. The average molecular weight is 301 g/mol. The zero-order chi connectivity index (χ0) is 15.9. The molecule has 1 amide bonds. The number of nitrogens with zero attached hydrogens (tertiary/aromatic N) is 4. The van der Waals surface area contributed by atoms with Gasteiger partial charge in [0.25, 0.3) is 0 Å². The van der Waals surface area contributed by atoms with Crippen molar-refractivity contribution in [3.05, 3.63) is 29.7 Å². The predicted octanol–water partition coefficient (Wildman–Crippen LogP) is 1.33. The van der Waals surface area contributed by atoms with Crippen molar-refractivity contribution in [3.8, 4) is 0 Å². The van der Waals surface area contributed by atoms with Crippen LogP contribution in [0.15, 0.2) is 18.6 Å². The number of imidazole rings is 1. The molecule has 6 heteroatoms. The Morgan fingerprint density at radius 2 is 2.00 bits per heavy atom. The van der Waals surface area contributed by atoms with Gasteiger partial charge in [0.05, 0.1) is 11.7 Å². The van der Waals surface area contributed by atoms with Gasteiger partial charge in [0.15, 0.2) is 0 Å². The van der Waals surface area contributed by atoms with Crippen LogP contribution < -0.4 is 10.6 Å². The maximum atomic E-state index is 11.5. The van der Waals surface area contributed by atoms with Crippen LogP contribution in [0.1, 0.15) is 31.0 Å². The molecular weight excluding hydrogens is 278 g/mol. The lowest BCUT2D eigenvalue weighted by atomic mass is 10.1. The molecule has 1 aliphatic heterocycles. The third kappa shape index (κ3) is 2.43. The van der Waals surface area contributed by atoms with Crippen molar-refractivity contribution < 1.29 is 4.79 Å². The first-order chi connectivity index (χ1) is 10.5. The number of anilines is 1. The average Bonchev–Trinajstić information content (AvgIpc) is 2.97. The Morgan fingerprint density at radius 3 is 2.59 bits per heavy atom. The summed E-state index contributed by atoms with van der Waals surface area (Å²) in [5, 5.41) is 0. The fourth-order valence-corrected chi connectivity index (χ4v) is 3.17. The summed E-state index contributed by atoms with van der Waals surface area (Å²) in [6, 6.07) is 2.11. The van der Waals surface area contributed by atoms with Gasteiger partial charge in [-0.2, -0.15) is 0 Å². The zero-order valence-corrected chi connectivity index (χ0v) is 13.4. The molecule has 1 fully saturated rings. The standard InChI is InChI=1S/C16H23N5O/c1-11-8-14(12(2)17)16(21-10-18-9-15(11)21)20-6-4-19(5-7-20)13(3)22/h8-10,12H,4-7,17H2,1-3H3. The molecule has 2 N–H and O–H groups in total. The van der Waals surface area contributed by atoms with Gasteiger partial charge in [0, 0.05) is 44.7 Å². The number of rotatable bonds is 2. The van der Waals surface area contributed by atoms with Crippen LogP contribution >= 0.6 is 0 Å². The van der Waals surface area contributed by atoms with Crippen molar-refractivity contribution in [2.24, 2.45) is 5.73 Å². The number of hydrogen-bond donors (Lipinski definition) is 1. The van der Waals surface area contributed by atoms with Crippen LogP contribution in [0.3, 0.4) is 0 Å². The first-order valence-electron chi connectivity index (χ1n) is 7.70. The van der Waals surface area contributed by atoms with E-state index in [9.17, 15) is 4.79 Å². The molecule has 1 atom stereocenters. The van der Waals surface area contributed by atoms with Crippen LogP contribution in [-0.4, -0.2) is 46.4 Å². The number of carbonyl (C=O) groups excluding carboxylic acids is 1. The summed E-state index contributed by atoms with van der Waals surface area (Å²) in [5.74, 6) is 1.25. The Morgan fingerprint density at radius 1 is 1.32 bits per heavy atom. The Labute approximate surface area is 130 Å². The van der Waals surface area contributed by atoms with Gasteiger partial charge >= 0.3 is 0 Å². The van der Waals surface area contributed by atoms with Gasteiger partial charge in [-0.15, -0.1) is 0 Å². The number of nitrogens with two attached hydrogens (primary N) is 1. The summed E-state index contributed by atoms with van der Waals surface area (Å²) in [5.41, 5.74) is 9.61. The minimum atomic E-state index is -0.0497. The molecule has 2 aromatic rings. The molecule has 0 aliphatic carbocycles. The fourth-order valence-electron chi connectivity index (χ4n) is 3.17. The highest BCUT2D eigenvalue weighted by Crippen LogP contribution is 2.30. The third-order valence-electron chi connectivity index (χ3n) is 4.42. The van der Waals surface area contributed by atoms with E-state index >= 15 is 0 Å². The van der Waals surface area contributed by atoms with E-state index in [1.54, 1.807) is 6.92 Å². The number of hydrogen-bond acceptors (Lipinski definition) is 4. The molecule has 0 spiro atoms. The highest BCUT2D eigenvalue weighted by atomic mass is 16.2. The van der Waals surface area contributed by atoms with Gasteiger partial charge in [-0.1, -0.05) is 0 Å². The first-order valence-corrected chi connectivity index (χ1v) is 7.70. The topological polar surface area (TPSA) is 66.9 Å². The molecule has 1 saturated heterocycles. The fraction of sp³-hybridized carbons (Fsp3) is 0.500. The Bertz CT molecular complexity index is 698. The molecule has 0 aromatic carbocycles. The molecule has 118 valence electrons. The number of aromatic nitrogens is 2. The Balaban J connectivity index is 2.03. The number of aryl methyl sites for hydroxylation is 1. The smallest absolute Gasteiger partial charge is 0.219 e. The van der Waals surface area contributed by atoms with Gasteiger partial charge in [-0.05, 0) is 25.5 Å². The van der Waals surface area contributed by atoms with Crippen molar-refractivity contribution in [3.63, 3.8) is 0 Å². The maximum Gasteiger partial charge on any atom is 0.219 e. The van der Waals surface area contributed by atoms with Crippen molar-refractivity contribution in [2.75, 3.05) is 31.1 Å². The number of fused-ring (bicyclic) bond motifs is 1. The third-order valence-corrected chi connectivity index (χ3v) is 4.42. The number of amides is 1. The van der Waals surface area contributed by atoms with E-state index < -0.39 is 0 Å². The summed E-state index contributed by atoms with van der Waals surface area (Å²) in [4.78, 5) is 20.0. The second-order valence-electron chi connectivity index (χ2n) is 6.04. The number of carbonyl (C=O) groups is 1. The van der Waals surface area contributed by atoms with Crippen LogP contribution in [0.2, 0.25) is 0 Å². The van der Waals surface area contributed by atoms with E-state index in [2.05, 4.69) is 27.3 Å². The summed E-state index contributed by atoms with van der Waals surface area (Å²) in [7, 11) is 0. The molecule has 3 rings (SSSR count). The van der Waals surface area contributed by atoms with Crippen molar-refractivity contribution in [1.29, 1.82) is 0 Å². The van der Waals surface area contributed by atoms with Crippen molar-refractivity contribution >= 4 is 17.2 Å². The van der Waals surface area contributed by atoms with Gasteiger partial charge in [-0.25, -0.2) is 4.98 Å². The largest absolute Gasteiger partial charge is 0.354 e. The van der Waals surface area contributed by atoms with Crippen LogP contribution in [0.25, 0.3) is 5.52 Å². The summed E-state index contributed by atoms with van der Waals surface area (Å²) < 4.78 is 2.12. The first kappa shape index (κ1) is 14.8. The molecular formula is C16H23N5O. The second-order valence-corrected chi connectivity index (χ2v) is 6.04. The van der Waals surface area contributed by atoms with Crippen LogP contribution in [-0.2, 0) is 4.79 Å². The minimum Gasteiger partial charge on any atom is -0.354 e. The summed E-state index contributed by atoms with van der Waals surface area (Å²) in [6.45, 7) is 8.84. The molecule has 0 radical (unpaired) electrons. The van der Waals surface area contributed by atoms with E-state index in [4.69, 9.17) is 5.73 Å². The molecule has 3 heterocycles. The molecule has 0 bridgehead atoms. The molecule has 0 saturated carbocycles. The van der Waals surface area contributed by atoms with Crippen molar-refractivity contribution in [1.82, 2.24) is 14.3 Å². The number of piperazine rings is 1. The van der Waals surface area contributed by atoms with E-state index in [0.717, 1.165) is 43.1 Å².